The molecule has 0 fully saturated rings. The summed E-state index contributed by atoms with van der Waals surface area (Å²) in [7, 11) is -3.42. The van der Waals surface area contributed by atoms with Crippen molar-refractivity contribution >= 4 is 27.3 Å². The minimum Gasteiger partial charge on any atom is -0.356 e. The molecule has 1 aliphatic heterocycles. The van der Waals surface area contributed by atoms with Gasteiger partial charge in [-0.3, -0.25) is 14.6 Å². The number of anilines is 1. The number of fused-ring (bicyclic) bond motifs is 1. The predicted octanol–water partition coefficient (Wildman–Crippen LogP) is 2.66. The van der Waals surface area contributed by atoms with Crippen molar-refractivity contribution in [3.05, 3.63) is 53.9 Å². The molecule has 8 heteroatoms. The Hall–Kier alpha value is -2.74. The molecule has 0 aliphatic carbocycles. The molecular weight excluding hydrogens is 402 g/mol. The summed E-state index contributed by atoms with van der Waals surface area (Å²) in [5.41, 5.74) is 2.47. The normalized spacial score (nSPS) is 13.8. The molecule has 0 atom stereocenters. The smallest absolute Gasteiger partial charge is 0.224 e. The van der Waals surface area contributed by atoms with Crippen molar-refractivity contribution in [1.82, 2.24) is 10.3 Å². The van der Waals surface area contributed by atoms with Crippen LogP contribution in [0.3, 0.4) is 0 Å². The van der Waals surface area contributed by atoms with Gasteiger partial charge in [0.1, 0.15) is 0 Å². The Morgan fingerprint density at radius 3 is 2.80 bits per heavy atom. The standard InChI is InChI=1S/C22H27N3O4S/c26-21(24-14-12-18-7-1-3-13-23-18)8-2-4-15-30(28,29)19-10-11-20-17(16-19)6-5-9-22(27)25-20/h1,3,7,10-11,13,16H,2,4-6,8-9,12,14-15H2,(H,24,26)(H,25,27). The van der Waals surface area contributed by atoms with Crippen molar-refractivity contribution in [2.45, 2.75) is 49.8 Å². The van der Waals surface area contributed by atoms with Gasteiger partial charge in [-0.15, -0.1) is 0 Å². The number of nitrogens with one attached hydrogen (secondary N) is 2. The van der Waals surface area contributed by atoms with Crippen molar-refractivity contribution in [3.8, 4) is 0 Å². The number of hydrogen-bond donors (Lipinski definition) is 2. The summed E-state index contributed by atoms with van der Waals surface area (Å²) in [4.78, 5) is 28.0. The first-order chi connectivity index (χ1) is 14.4. The molecule has 1 aromatic heterocycles. The fraction of sp³-hybridized carbons (Fsp3) is 0.409. The van der Waals surface area contributed by atoms with Crippen LogP contribution < -0.4 is 10.6 Å². The maximum atomic E-state index is 12.6. The van der Waals surface area contributed by atoms with E-state index in [1.54, 1.807) is 24.4 Å². The van der Waals surface area contributed by atoms with Crippen LogP contribution in [0.4, 0.5) is 5.69 Å². The molecule has 0 unspecified atom stereocenters. The maximum Gasteiger partial charge on any atom is 0.224 e. The Balaban J connectivity index is 1.42. The number of amides is 2. The van der Waals surface area contributed by atoms with Crippen LogP contribution in [0.25, 0.3) is 0 Å². The van der Waals surface area contributed by atoms with Gasteiger partial charge in [-0.1, -0.05) is 6.07 Å². The molecule has 0 spiro atoms. The van der Waals surface area contributed by atoms with Crippen molar-refractivity contribution in [3.63, 3.8) is 0 Å². The van der Waals surface area contributed by atoms with Crippen LogP contribution in [0, 0.1) is 0 Å². The van der Waals surface area contributed by atoms with E-state index in [1.807, 2.05) is 18.2 Å². The average molecular weight is 430 g/mol. The summed E-state index contributed by atoms with van der Waals surface area (Å²) in [5.74, 6) is -0.119. The molecule has 3 rings (SSSR count). The summed E-state index contributed by atoms with van der Waals surface area (Å²) in [6.07, 6.45) is 5.44. The van der Waals surface area contributed by atoms with Gasteiger partial charge in [0.25, 0.3) is 0 Å². The number of unbranched alkanes of at least 4 members (excludes halogenated alkanes) is 1. The molecule has 1 aromatic carbocycles. The number of nitrogens with zero attached hydrogens (tertiary/aromatic N) is 1. The number of carbonyl (C=O) groups is 2. The summed E-state index contributed by atoms with van der Waals surface area (Å²) in [6, 6.07) is 10.5. The Bertz CT molecular complexity index is 991. The average Bonchev–Trinajstić information content (AvgIpc) is 2.92. The Labute approximate surface area is 177 Å². The highest BCUT2D eigenvalue weighted by Gasteiger charge is 2.19. The highest BCUT2D eigenvalue weighted by molar-refractivity contribution is 7.91. The van der Waals surface area contributed by atoms with E-state index in [0.717, 1.165) is 11.3 Å². The lowest BCUT2D eigenvalue weighted by Crippen LogP contribution is -2.25. The molecule has 0 radical (unpaired) electrons. The van der Waals surface area contributed by atoms with Crippen molar-refractivity contribution in [1.29, 1.82) is 0 Å². The van der Waals surface area contributed by atoms with Crippen LogP contribution in [0.5, 0.6) is 0 Å². The third kappa shape index (κ3) is 6.38. The first-order valence-corrected chi connectivity index (χ1v) is 11.9. The van der Waals surface area contributed by atoms with E-state index in [4.69, 9.17) is 0 Å². The van der Waals surface area contributed by atoms with Crippen LogP contribution >= 0.6 is 0 Å². The van der Waals surface area contributed by atoms with Crippen molar-refractivity contribution in [2.24, 2.45) is 0 Å². The Morgan fingerprint density at radius 2 is 2.00 bits per heavy atom. The van der Waals surface area contributed by atoms with Gasteiger partial charge in [0.15, 0.2) is 9.84 Å². The minimum absolute atomic E-state index is 0.000634. The number of sulfone groups is 1. The number of rotatable bonds is 9. The van der Waals surface area contributed by atoms with Crippen LogP contribution in [0.1, 0.15) is 43.4 Å². The molecular formula is C22H27N3O4S. The molecule has 160 valence electrons. The van der Waals surface area contributed by atoms with E-state index in [1.165, 1.54) is 0 Å². The second kappa shape index (κ2) is 10.3. The number of aryl methyl sites for hydroxylation is 1. The monoisotopic (exact) mass is 429 g/mol. The summed E-state index contributed by atoms with van der Waals surface area (Å²) in [5, 5.41) is 5.65. The van der Waals surface area contributed by atoms with E-state index in [-0.39, 0.29) is 22.5 Å². The van der Waals surface area contributed by atoms with Gasteiger partial charge >= 0.3 is 0 Å². The number of hydrogen-bond acceptors (Lipinski definition) is 5. The van der Waals surface area contributed by atoms with Crippen molar-refractivity contribution < 1.29 is 18.0 Å². The molecule has 7 nitrogen and oxygen atoms in total. The van der Waals surface area contributed by atoms with Gasteiger partial charge < -0.3 is 10.6 Å². The molecule has 0 saturated carbocycles. The van der Waals surface area contributed by atoms with Crippen LogP contribution in [-0.4, -0.2) is 37.5 Å². The third-order valence-corrected chi connectivity index (χ3v) is 6.85. The first kappa shape index (κ1) is 22.0. The number of aromatic nitrogens is 1. The van der Waals surface area contributed by atoms with Crippen LogP contribution in [0.2, 0.25) is 0 Å². The van der Waals surface area contributed by atoms with Gasteiger partial charge in [-0.25, -0.2) is 8.42 Å². The number of carbonyl (C=O) groups excluding carboxylic acids is 2. The van der Waals surface area contributed by atoms with Crippen LogP contribution in [0.15, 0.2) is 47.5 Å². The summed E-state index contributed by atoms with van der Waals surface area (Å²) >= 11 is 0. The zero-order chi connectivity index (χ0) is 21.4. The molecule has 2 heterocycles. The zero-order valence-corrected chi connectivity index (χ0v) is 17.7. The highest BCUT2D eigenvalue weighted by Crippen LogP contribution is 2.26. The summed E-state index contributed by atoms with van der Waals surface area (Å²) in [6.45, 7) is 0.514. The second-order valence-electron chi connectivity index (χ2n) is 7.42. The fourth-order valence-electron chi connectivity index (χ4n) is 3.40. The van der Waals surface area contributed by atoms with Gasteiger partial charge in [-0.2, -0.15) is 0 Å². The Morgan fingerprint density at radius 1 is 1.13 bits per heavy atom. The first-order valence-electron chi connectivity index (χ1n) is 10.3. The van der Waals surface area contributed by atoms with E-state index < -0.39 is 9.84 Å². The van der Waals surface area contributed by atoms with E-state index in [2.05, 4.69) is 15.6 Å². The lowest BCUT2D eigenvalue weighted by molar-refractivity contribution is -0.121. The van der Waals surface area contributed by atoms with E-state index >= 15 is 0 Å². The largest absolute Gasteiger partial charge is 0.356 e. The molecule has 30 heavy (non-hydrogen) atoms. The zero-order valence-electron chi connectivity index (χ0n) is 16.9. The molecule has 2 aromatic rings. The second-order valence-corrected chi connectivity index (χ2v) is 9.53. The number of pyridine rings is 1. The van der Waals surface area contributed by atoms with E-state index in [0.29, 0.717) is 57.2 Å². The van der Waals surface area contributed by atoms with E-state index in [9.17, 15) is 18.0 Å². The highest BCUT2D eigenvalue weighted by atomic mass is 32.2. The van der Waals surface area contributed by atoms with Gasteiger partial charge in [0.05, 0.1) is 10.6 Å². The summed E-state index contributed by atoms with van der Waals surface area (Å²) < 4.78 is 25.3. The predicted molar refractivity (Wildman–Crippen MR) is 115 cm³/mol. The maximum absolute atomic E-state index is 12.6. The SMILES string of the molecule is O=C(CCCCS(=O)(=O)c1ccc2c(c1)CCCC(=O)N2)NCCc1ccccn1. The minimum atomic E-state index is -3.42. The lowest BCUT2D eigenvalue weighted by Gasteiger charge is -2.10. The molecule has 2 amide bonds. The molecule has 2 N–H and O–H groups in total. The number of benzene rings is 1. The Kier molecular flexibility index (Phi) is 7.57. The van der Waals surface area contributed by atoms with Crippen LogP contribution in [-0.2, 0) is 32.3 Å². The molecule has 1 aliphatic rings. The molecule has 0 bridgehead atoms. The van der Waals surface area contributed by atoms with Gasteiger partial charge in [0, 0.05) is 43.4 Å². The quantitative estimate of drug-likeness (QED) is 0.596. The van der Waals surface area contributed by atoms with Crippen molar-refractivity contribution in [2.75, 3.05) is 17.6 Å². The third-order valence-electron chi connectivity index (χ3n) is 5.06. The topological polar surface area (TPSA) is 105 Å². The van der Waals surface area contributed by atoms with Gasteiger partial charge in [0.2, 0.25) is 11.8 Å². The van der Waals surface area contributed by atoms with Gasteiger partial charge in [-0.05, 0) is 61.6 Å². The fourth-order valence-corrected chi connectivity index (χ4v) is 4.82. The lowest BCUT2D eigenvalue weighted by atomic mass is 10.1. The molecule has 0 saturated heterocycles.